The minimum Gasteiger partial charge on any atom is -0.394 e. The highest BCUT2D eigenvalue weighted by molar-refractivity contribution is 6.30. The Morgan fingerprint density at radius 2 is 1.93 bits per heavy atom. The van der Waals surface area contributed by atoms with Crippen LogP contribution in [0.5, 0.6) is 0 Å². The molecule has 6 nitrogen and oxygen atoms in total. The number of amides is 1. The molecule has 1 aliphatic heterocycles. The van der Waals surface area contributed by atoms with Crippen LogP contribution in [0.25, 0.3) is 16.7 Å². The first-order chi connectivity index (χ1) is 13.7. The first-order valence-electron chi connectivity index (χ1n) is 9.40. The molecule has 1 saturated heterocycles. The molecular formula is C21H22ClN3O3. The van der Waals surface area contributed by atoms with Crippen molar-refractivity contribution in [2.45, 2.75) is 18.9 Å². The zero-order chi connectivity index (χ0) is 19.5. The Balaban J connectivity index is 1.54. The Labute approximate surface area is 168 Å². The summed E-state index contributed by atoms with van der Waals surface area (Å²) in [6, 6.07) is 13.1. The fraction of sp³-hybridized carbons (Fsp3) is 0.333. The van der Waals surface area contributed by atoms with Gasteiger partial charge >= 0.3 is 0 Å². The summed E-state index contributed by atoms with van der Waals surface area (Å²) in [5.41, 5.74) is 3.31. The maximum atomic E-state index is 13.0. The van der Waals surface area contributed by atoms with Crippen LogP contribution in [0.4, 0.5) is 0 Å². The Morgan fingerprint density at radius 1 is 1.18 bits per heavy atom. The second kappa shape index (κ2) is 8.31. The van der Waals surface area contributed by atoms with Crippen LogP contribution in [0.2, 0.25) is 5.02 Å². The largest absolute Gasteiger partial charge is 0.394 e. The van der Waals surface area contributed by atoms with E-state index in [1.165, 1.54) is 0 Å². The number of ether oxygens (including phenoxy) is 1. The number of aliphatic hydroxyl groups excluding tert-OH is 1. The van der Waals surface area contributed by atoms with Gasteiger partial charge in [0.2, 0.25) is 0 Å². The lowest BCUT2D eigenvalue weighted by Gasteiger charge is -2.32. The van der Waals surface area contributed by atoms with Crippen molar-refractivity contribution in [2.24, 2.45) is 0 Å². The molecule has 28 heavy (non-hydrogen) atoms. The first kappa shape index (κ1) is 18.9. The molecule has 1 N–H and O–H groups in total. The van der Waals surface area contributed by atoms with Crippen molar-refractivity contribution in [1.29, 1.82) is 0 Å². The molecule has 0 radical (unpaired) electrons. The lowest BCUT2D eigenvalue weighted by molar-refractivity contribution is -0.00553. The Kier molecular flexibility index (Phi) is 5.62. The number of piperidine rings is 1. The van der Waals surface area contributed by atoms with E-state index in [4.69, 9.17) is 21.4 Å². The van der Waals surface area contributed by atoms with E-state index in [1.807, 2.05) is 51.9 Å². The summed E-state index contributed by atoms with van der Waals surface area (Å²) in [4.78, 5) is 19.3. The molecule has 0 saturated carbocycles. The molecule has 1 aliphatic rings. The van der Waals surface area contributed by atoms with Crippen LogP contribution in [0.1, 0.15) is 23.2 Å². The number of hydrogen-bond donors (Lipinski definition) is 1. The maximum Gasteiger partial charge on any atom is 0.253 e. The average Bonchev–Trinajstić information content (AvgIpc) is 3.16. The molecule has 1 aromatic heterocycles. The van der Waals surface area contributed by atoms with Gasteiger partial charge in [0.1, 0.15) is 6.33 Å². The molecule has 0 atom stereocenters. The van der Waals surface area contributed by atoms with Gasteiger partial charge in [-0.25, -0.2) is 4.98 Å². The second-order valence-corrected chi connectivity index (χ2v) is 7.32. The number of likely N-dealkylation sites (tertiary alicyclic amines) is 1. The number of carbonyl (C=O) groups is 1. The molecule has 1 fully saturated rings. The molecule has 1 amide bonds. The van der Waals surface area contributed by atoms with Crippen molar-refractivity contribution in [3.63, 3.8) is 0 Å². The van der Waals surface area contributed by atoms with E-state index < -0.39 is 0 Å². The molecular weight excluding hydrogens is 378 g/mol. The van der Waals surface area contributed by atoms with Crippen molar-refractivity contribution < 1.29 is 14.6 Å². The topological polar surface area (TPSA) is 67.6 Å². The summed E-state index contributed by atoms with van der Waals surface area (Å²) in [6.07, 6.45) is 3.45. The molecule has 0 unspecified atom stereocenters. The normalized spacial score (nSPS) is 15.3. The van der Waals surface area contributed by atoms with Gasteiger partial charge in [0.05, 0.1) is 30.4 Å². The Bertz CT molecular complexity index is 963. The van der Waals surface area contributed by atoms with Crippen LogP contribution in [-0.2, 0) is 4.74 Å². The number of nitrogens with zero attached hydrogens (tertiary/aromatic N) is 3. The highest BCUT2D eigenvalue weighted by Crippen LogP contribution is 2.23. The van der Waals surface area contributed by atoms with Crippen LogP contribution >= 0.6 is 11.6 Å². The number of imidazole rings is 1. The Morgan fingerprint density at radius 3 is 2.64 bits per heavy atom. The van der Waals surface area contributed by atoms with E-state index in [2.05, 4.69) is 4.98 Å². The van der Waals surface area contributed by atoms with Crippen LogP contribution in [0.15, 0.2) is 48.8 Å². The lowest BCUT2D eigenvalue weighted by Crippen LogP contribution is -2.41. The minimum atomic E-state index is 0.0198. The minimum absolute atomic E-state index is 0.0198. The Hall–Kier alpha value is -2.41. The van der Waals surface area contributed by atoms with E-state index in [0.717, 1.165) is 29.6 Å². The quantitative estimate of drug-likeness (QED) is 0.714. The standard InChI is InChI=1S/C21H22ClN3O3/c22-16-2-4-17(5-3-16)25-14-23-19-6-1-15(13-20(19)25)21(27)24-9-7-18(8-10-24)28-12-11-26/h1-6,13-14,18,26H,7-12H2. The van der Waals surface area contributed by atoms with E-state index in [0.29, 0.717) is 30.3 Å². The van der Waals surface area contributed by atoms with E-state index >= 15 is 0 Å². The molecule has 2 heterocycles. The number of halogens is 1. The van der Waals surface area contributed by atoms with Crippen molar-refractivity contribution in [3.8, 4) is 5.69 Å². The fourth-order valence-electron chi connectivity index (χ4n) is 3.58. The van der Waals surface area contributed by atoms with E-state index in [1.54, 1.807) is 6.33 Å². The van der Waals surface area contributed by atoms with Crippen LogP contribution in [0, 0.1) is 0 Å². The van der Waals surface area contributed by atoms with Gasteiger partial charge in [-0.2, -0.15) is 0 Å². The molecule has 2 aromatic carbocycles. The van der Waals surface area contributed by atoms with Gasteiger partial charge in [-0.15, -0.1) is 0 Å². The average molecular weight is 400 g/mol. The highest BCUT2D eigenvalue weighted by atomic mass is 35.5. The van der Waals surface area contributed by atoms with Crippen molar-refractivity contribution >= 4 is 28.5 Å². The van der Waals surface area contributed by atoms with Crippen molar-refractivity contribution in [3.05, 3.63) is 59.4 Å². The number of benzene rings is 2. The van der Waals surface area contributed by atoms with Crippen molar-refractivity contribution in [1.82, 2.24) is 14.5 Å². The fourth-order valence-corrected chi connectivity index (χ4v) is 3.70. The SMILES string of the molecule is O=C(c1ccc2ncn(-c3ccc(Cl)cc3)c2c1)N1CCC(OCCO)CC1. The van der Waals surface area contributed by atoms with Gasteiger partial charge in [-0.3, -0.25) is 9.36 Å². The summed E-state index contributed by atoms with van der Waals surface area (Å²) >= 11 is 5.99. The number of aliphatic hydroxyl groups is 1. The number of carbonyl (C=O) groups excluding carboxylic acids is 1. The van der Waals surface area contributed by atoms with Crippen LogP contribution in [-0.4, -0.2) is 57.9 Å². The molecule has 4 rings (SSSR count). The third-order valence-electron chi connectivity index (χ3n) is 5.07. The number of rotatable bonds is 5. The van der Waals surface area contributed by atoms with E-state index in [-0.39, 0.29) is 18.6 Å². The van der Waals surface area contributed by atoms with Crippen molar-refractivity contribution in [2.75, 3.05) is 26.3 Å². The smallest absolute Gasteiger partial charge is 0.253 e. The van der Waals surface area contributed by atoms with E-state index in [9.17, 15) is 4.79 Å². The third kappa shape index (κ3) is 3.90. The number of fused-ring (bicyclic) bond motifs is 1. The van der Waals surface area contributed by atoms with Gasteiger partial charge in [0.25, 0.3) is 5.91 Å². The number of hydrogen-bond acceptors (Lipinski definition) is 4. The molecule has 0 bridgehead atoms. The number of aromatic nitrogens is 2. The first-order valence-corrected chi connectivity index (χ1v) is 9.78. The zero-order valence-electron chi connectivity index (χ0n) is 15.4. The third-order valence-corrected chi connectivity index (χ3v) is 5.33. The summed E-state index contributed by atoms with van der Waals surface area (Å²) in [5.74, 6) is 0.0198. The molecule has 3 aromatic rings. The highest BCUT2D eigenvalue weighted by Gasteiger charge is 2.24. The summed E-state index contributed by atoms with van der Waals surface area (Å²) in [6.45, 7) is 1.69. The molecule has 0 aliphatic carbocycles. The lowest BCUT2D eigenvalue weighted by atomic mass is 10.1. The predicted octanol–water partition coefficient (Wildman–Crippen LogP) is 3.29. The van der Waals surface area contributed by atoms with Crippen LogP contribution < -0.4 is 0 Å². The van der Waals surface area contributed by atoms with Gasteiger partial charge in [-0.1, -0.05) is 11.6 Å². The zero-order valence-corrected chi connectivity index (χ0v) is 16.2. The van der Waals surface area contributed by atoms with Gasteiger partial charge in [0.15, 0.2) is 0 Å². The van der Waals surface area contributed by atoms with Gasteiger partial charge in [0, 0.05) is 29.4 Å². The monoisotopic (exact) mass is 399 g/mol. The van der Waals surface area contributed by atoms with Gasteiger partial charge in [-0.05, 0) is 55.3 Å². The molecule has 146 valence electrons. The summed E-state index contributed by atoms with van der Waals surface area (Å²) in [7, 11) is 0. The summed E-state index contributed by atoms with van der Waals surface area (Å²) in [5, 5.41) is 9.55. The van der Waals surface area contributed by atoms with Crippen LogP contribution in [0.3, 0.4) is 0 Å². The molecule has 7 heteroatoms. The van der Waals surface area contributed by atoms with Gasteiger partial charge < -0.3 is 14.7 Å². The second-order valence-electron chi connectivity index (χ2n) is 6.88. The molecule has 0 spiro atoms. The maximum absolute atomic E-state index is 13.0. The predicted molar refractivity (Wildman–Crippen MR) is 108 cm³/mol. The summed E-state index contributed by atoms with van der Waals surface area (Å²) < 4.78 is 7.53.